The summed E-state index contributed by atoms with van der Waals surface area (Å²) in [5.41, 5.74) is 8.21. The predicted molar refractivity (Wildman–Crippen MR) is 82.2 cm³/mol. The van der Waals surface area contributed by atoms with Gasteiger partial charge in [-0.25, -0.2) is 0 Å². The standard InChI is InChI=1S/C17H26N2O/c1-12-7-9-14(10-8-12)13(2)19-17(20)16-6-4-3-5-15(16)11-18/h7-10,13,15-16H,3-6,11,18H2,1-2H3,(H,19,20). The van der Waals surface area contributed by atoms with Crippen LogP contribution in [0.25, 0.3) is 0 Å². The summed E-state index contributed by atoms with van der Waals surface area (Å²) in [5, 5.41) is 3.16. The van der Waals surface area contributed by atoms with E-state index in [9.17, 15) is 4.79 Å². The Kier molecular flexibility index (Phi) is 5.18. The molecule has 3 unspecified atom stereocenters. The molecule has 0 aromatic heterocycles. The van der Waals surface area contributed by atoms with Crippen LogP contribution >= 0.6 is 0 Å². The Bertz CT molecular complexity index is 441. The molecule has 0 saturated heterocycles. The number of nitrogens with two attached hydrogens (primary N) is 1. The molecule has 0 spiro atoms. The van der Waals surface area contributed by atoms with E-state index in [0.29, 0.717) is 12.5 Å². The van der Waals surface area contributed by atoms with E-state index in [1.807, 2.05) is 6.92 Å². The van der Waals surface area contributed by atoms with Gasteiger partial charge in [-0.05, 0) is 44.7 Å². The van der Waals surface area contributed by atoms with Crippen molar-refractivity contribution < 1.29 is 4.79 Å². The first kappa shape index (κ1) is 15.0. The summed E-state index contributed by atoms with van der Waals surface area (Å²) < 4.78 is 0. The summed E-state index contributed by atoms with van der Waals surface area (Å²) in [6, 6.07) is 8.40. The first-order valence-electron chi connectivity index (χ1n) is 7.69. The molecule has 1 aliphatic rings. The number of aryl methyl sites for hydroxylation is 1. The van der Waals surface area contributed by atoms with Crippen molar-refractivity contribution in [2.75, 3.05) is 6.54 Å². The van der Waals surface area contributed by atoms with Crippen LogP contribution in [-0.4, -0.2) is 12.5 Å². The van der Waals surface area contributed by atoms with Crippen LogP contribution in [0.2, 0.25) is 0 Å². The van der Waals surface area contributed by atoms with E-state index in [4.69, 9.17) is 5.73 Å². The van der Waals surface area contributed by atoms with Crippen LogP contribution in [0.1, 0.15) is 49.8 Å². The van der Waals surface area contributed by atoms with Gasteiger partial charge in [0.25, 0.3) is 0 Å². The van der Waals surface area contributed by atoms with Gasteiger partial charge < -0.3 is 11.1 Å². The molecule has 0 bridgehead atoms. The lowest BCUT2D eigenvalue weighted by molar-refractivity contribution is -0.128. The fraction of sp³-hybridized carbons (Fsp3) is 0.588. The number of amides is 1. The third-order valence-electron chi connectivity index (χ3n) is 4.48. The first-order valence-corrected chi connectivity index (χ1v) is 7.69. The van der Waals surface area contributed by atoms with Gasteiger partial charge in [0.15, 0.2) is 0 Å². The number of benzene rings is 1. The molecule has 0 radical (unpaired) electrons. The maximum absolute atomic E-state index is 12.5. The SMILES string of the molecule is Cc1ccc(C(C)NC(=O)C2CCCCC2CN)cc1. The van der Waals surface area contributed by atoms with Crippen molar-refractivity contribution >= 4 is 5.91 Å². The van der Waals surface area contributed by atoms with Crippen LogP contribution in [0.3, 0.4) is 0 Å². The Morgan fingerprint density at radius 1 is 1.30 bits per heavy atom. The molecule has 2 rings (SSSR count). The van der Waals surface area contributed by atoms with E-state index in [1.165, 1.54) is 12.0 Å². The predicted octanol–water partition coefficient (Wildman–Crippen LogP) is 2.94. The van der Waals surface area contributed by atoms with Crippen LogP contribution in [0, 0.1) is 18.8 Å². The topological polar surface area (TPSA) is 55.1 Å². The summed E-state index contributed by atoms with van der Waals surface area (Å²) in [4.78, 5) is 12.5. The number of nitrogens with one attached hydrogen (secondary N) is 1. The van der Waals surface area contributed by atoms with Gasteiger partial charge in [0.2, 0.25) is 5.91 Å². The van der Waals surface area contributed by atoms with Crippen molar-refractivity contribution in [2.45, 2.75) is 45.6 Å². The second-order valence-electron chi connectivity index (χ2n) is 6.03. The van der Waals surface area contributed by atoms with E-state index in [-0.39, 0.29) is 17.9 Å². The number of hydrogen-bond donors (Lipinski definition) is 2. The lowest BCUT2D eigenvalue weighted by Crippen LogP contribution is -2.40. The van der Waals surface area contributed by atoms with Crippen LogP contribution in [0.15, 0.2) is 24.3 Å². The quantitative estimate of drug-likeness (QED) is 0.887. The van der Waals surface area contributed by atoms with Crippen LogP contribution in [0.5, 0.6) is 0 Å². The summed E-state index contributed by atoms with van der Waals surface area (Å²) in [6.07, 6.45) is 4.43. The molecule has 3 N–H and O–H groups in total. The number of rotatable bonds is 4. The number of carbonyl (C=O) groups excluding carboxylic acids is 1. The Morgan fingerprint density at radius 3 is 2.60 bits per heavy atom. The summed E-state index contributed by atoms with van der Waals surface area (Å²) in [6.45, 7) is 4.74. The van der Waals surface area contributed by atoms with Gasteiger partial charge in [0.1, 0.15) is 0 Å². The van der Waals surface area contributed by atoms with Crippen molar-refractivity contribution in [2.24, 2.45) is 17.6 Å². The van der Waals surface area contributed by atoms with Gasteiger partial charge in [-0.15, -0.1) is 0 Å². The Balaban J connectivity index is 1.97. The molecule has 1 aliphatic carbocycles. The molecule has 3 nitrogen and oxygen atoms in total. The maximum atomic E-state index is 12.5. The van der Waals surface area contributed by atoms with Crippen LogP contribution in [0.4, 0.5) is 0 Å². The molecule has 0 heterocycles. The van der Waals surface area contributed by atoms with Crippen molar-refractivity contribution in [3.05, 3.63) is 35.4 Å². The lowest BCUT2D eigenvalue weighted by atomic mass is 9.78. The summed E-state index contributed by atoms with van der Waals surface area (Å²) in [5.74, 6) is 0.629. The third kappa shape index (κ3) is 3.60. The van der Waals surface area contributed by atoms with Gasteiger partial charge in [-0.2, -0.15) is 0 Å². The Morgan fingerprint density at radius 2 is 1.95 bits per heavy atom. The number of hydrogen-bond acceptors (Lipinski definition) is 2. The molecule has 3 heteroatoms. The molecule has 1 amide bonds. The second-order valence-corrected chi connectivity index (χ2v) is 6.03. The fourth-order valence-corrected chi connectivity index (χ4v) is 3.09. The minimum Gasteiger partial charge on any atom is -0.349 e. The maximum Gasteiger partial charge on any atom is 0.223 e. The first-order chi connectivity index (χ1) is 9.61. The van der Waals surface area contributed by atoms with Crippen molar-refractivity contribution in [3.63, 3.8) is 0 Å². The Labute approximate surface area is 121 Å². The smallest absolute Gasteiger partial charge is 0.223 e. The molecule has 3 atom stereocenters. The molecule has 1 fully saturated rings. The highest BCUT2D eigenvalue weighted by atomic mass is 16.1. The second kappa shape index (κ2) is 6.89. The van der Waals surface area contributed by atoms with E-state index >= 15 is 0 Å². The zero-order chi connectivity index (χ0) is 14.5. The van der Waals surface area contributed by atoms with Gasteiger partial charge in [0, 0.05) is 5.92 Å². The zero-order valence-corrected chi connectivity index (χ0v) is 12.6. The van der Waals surface area contributed by atoms with Gasteiger partial charge in [-0.1, -0.05) is 42.7 Å². The molecule has 1 aromatic carbocycles. The van der Waals surface area contributed by atoms with Gasteiger partial charge in [0.05, 0.1) is 6.04 Å². The molecule has 1 saturated carbocycles. The Hall–Kier alpha value is -1.35. The molecule has 110 valence electrons. The van der Waals surface area contributed by atoms with E-state index < -0.39 is 0 Å². The highest BCUT2D eigenvalue weighted by molar-refractivity contribution is 5.79. The fourth-order valence-electron chi connectivity index (χ4n) is 3.09. The minimum atomic E-state index is 0.0588. The minimum absolute atomic E-state index is 0.0588. The molecule has 20 heavy (non-hydrogen) atoms. The van der Waals surface area contributed by atoms with Crippen LogP contribution < -0.4 is 11.1 Å². The van der Waals surface area contributed by atoms with Crippen molar-refractivity contribution in [1.82, 2.24) is 5.32 Å². The molecular weight excluding hydrogens is 248 g/mol. The largest absolute Gasteiger partial charge is 0.349 e. The van der Waals surface area contributed by atoms with Gasteiger partial charge in [-0.3, -0.25) is 4.79 Å². The highest BCUT2D eigenvalue weighted by Crippen LogP contribution is 2.30. The average molecular weight is 274 g/mol. The van der Waals surface area contributed by atoms with Crippen molar-refractivity contribution in [1.29, 1.82) is 0 Å². The van der Waals surface area contributed by atoms with E-state index in [0.717, 1.165) is 24.8 Å². The lowest BCUT2D eigenvalue weighted by Gasteiger charge is -2.30. The normalized spacial score (nSPS) is 24.1. The number of carbonyl (C=O) groups is 1. The summed E-state index contributed by atoms with van der Waals surface area (Å²) in [7, 11) is 0. The van der Waals surface area contributed by atoms with Crippen LogP contribution in [-0.2, 0) is 4.79 Å². The summed E-state index contributed by atoms with van der Waals surface area (Å²) >= 11 is 0. The molecule has 1 aromatic rings. The monoisotopic (exact) mass is 274 g/mol. The molecular formula is C17H26N2O. The average Bonchev–Trinajstić information content (AvgIpc) is 2.47. The third-order valence-corrected chi connectivity index (χ3v) is 4.48. The van der Waals surface area contributed by atoms with Gasteiger partial charge >= 0.3 is 0 Å². The zero-order valence-electron chi connectivity index (χ0n) is 12.6. The highest BCUT2D eigenvalue weighted by Gasteiger charge is 2.30. The van der Waals surface area contributed by atoms with E-state index in [2.05, 4.69) is 36.5 Å². The van der Waals surface area contributed by atoms with Crippen molar-refractivity contribution in [3.8, 4) is 0 Å². The van der Waals surface area contributed by atoms with E-state index in [1.54, 1.807) is 0 Å². The molecule has 0 aliphatic heterocycles.